The Labute approximate surface area is 144 Å². The lowest BCUT2D eigenvalue weighted by atomic mass is 10.1. The molecule has 0 atom stereocenters. The van der Waals surface area contributed by atoms with Crippen molar-refractivity contribution in [3.63, 3.8) is 0 Å². The number of benzene rings is 1. The summed E-state index contributed by atoms with van der Waals surface area (Å²) in [4.78, 5) is 17.5. The number of amides is 1. The molecule has 0 saturated heterocycles. The van der Waals surface area contributed by atoms with Crippen LogP contribution in [0.2, 0.25) is 5.02 Å². The van der Waals surface area contributed by atoms with Crippen LogP contribution < -0.4 is 5.32 Å². The van der Waals surface area contributed by atoms with Crippen molar-refractivity contribution in [2.45, 2.75) is 13.0 Å². The number of hydrogen-bond acceptors (Lipinski definition) is 3. The van der Waals surface area contributed by atoms with Gasteiger partial charge in [-0.05, 0) is 34.7 Å². The summed E-state index contributed by atoms with van der Waals surface area (Å²) < 4.78 is 0. The third-order valence-corrected chi connectivity index (χ3v) is 4.69. The molecule has 5 heteroatoms. The first kappa shape index (κ1) is 15.7. The van der Waals surface area contributed by atoms with Crippen molar-refractivity contribution in [1.29, 1.82) is 0 Å². The van der Waals surface area contributed by atoms with Crippen molar-refractivity contribution in [2.24, 2.45) is 0 Å². The molecule has 3 rings (SSSR count). The molecular formula is C18H15ClN2OS. The fourth-order valence-corrected chi connectivity index (χ4v) is 3.15. The van der Waals surface area contributed by atoms with Gasteiger partial charge in [0.05, 0.1) is 6.42 Å². The first-order valence-corrected chi connectivity index (χ1v) is 8.46. The molecule has 0 bridgehead atoms. The number of nitrogens with zero attached hydrogens (tertiary/aromatic N) is 1. The molecule has 0 unspecified atom stereocenters. The minimum absolute atomic E-state index is 0.0559. The zero-order chi connectivity index (χ0) is 16.1. The largest absolute Gasteiger partial charge is 0.352 e. The van der Waals surface area contributed by atoms with Crippen LogP contribution in [-0.2, 0) is 17.8 Å². The maximum absolute atomic E-state index is 12.1. The third kappa shape index (κ3) is 4.18. The Morgan fingerprint density at radius 1 is 1.17 bits per heavy atom. The number of halogens is 1. The highest BCUT2D eigenvalue weighted by atomic mass is 35.5. The summed E-state index contributed by atoms with van der Waals surface area (Å²) in [5.41, 5.74) is 2.87. The van der Waals surface area contributed by atoms with Crippen molar-refractivity contribution in [3.8, 4) is 10.4 Å². The molecule has 3 nitrogen and oxygen atoms in total. The van der Waals surface area contributed by atoms with Crippen LogP contribution >= 0.6 is 22.9 Å². The van der Waals surface area contributed by atoms with Crippen LogP contribution in [0, 0.1) is 0 Å². The Bertz CT molecular complexity index is 802. The predicted molar refractivity (Wildman–Crippen MR) is 94.6 cm³/mol. The van der Waals surface area contributed by atoms with E-state index in [4.69, 9.17) is 11.6 Å². The smallest absolute Gasteiger partial charge is 0.224 e. The van der Waals surface area contributed by atoms with Gasteiger partial charge in [-0.15, -0.1) is 11.3 Å². The van der Waals surface area contributed by atoms with Crippen molar-refractivity contribution in [2.75, 3.05) is 0 Å². The van der Waals surface area contributed by atoms with E-state index in [2.05, 4.69) is 22.4 Å². The Morgan fingerprint density at radius 3 is 2.83 bits per heavy atom. The molecule has 0 radical (unpaired) electrons. The number of hydrogen-bond donors (Lipinski definition) is 1. The molecule has 23 heavy (non-hydrogen) atoms. The van der Waals surface area contributed by atoms with Crippen molar-refractivity contribution >= 4 is 28.8 Å². The second-order valence-corrected chi connectivity index (χ2v) is 6.46. The summed E-state index contributed by atoms with van der Waals surface area (Å²) in [5, 5.41) is 5.56. The van der Waals surface area contributed by atoms with Gasteiger partial charge in [-0.25, -0.2) is 0 Å². The predicted octanol–water partition coefficient (Wildman–Crippen LogP) is 4.32. The average molecular weight is 343 g/mol. The molecule has 0 fully saturated rings. The number of carbonyl (C=O) groups is 1. The summed E-state index contributed by atoms with van der Waals surface area (Å²) >= 11 is 7.74. The van der Waals surface area contributed by atoms with Gasteiger partial charge >= 0.3 is 0 Å². The Morgan fingerprint density at radius 2 is 2.04 bits per heavy atom. The first-order chi connectivity index (χ1) is 11.2. The van der Waals surface area contributed by atoms with E-state index in [1.807, 2.05) is 35.8 Å². The molecule has 116 valence electrons. The first-order valence-electron chi connectivity index (χ1n) is 7.20. The van der Waals surface area contributed by atoms with Gasteiger partial charge in [0.2, 0.25) is 5.91 Å². The van der Waals surface area contributed by atoms with Gasteiger partial charge in [-0.2, -0.15) is 0 Å². The second-order valence-electron chi connectivity index (χ2n) is 5.10. The highest BCUT2D eigenvalue weighted by Crippen LogP contribution is 2.24. The van der Waals surface area contributed by atoms with Gasteiger partial charge in [0.25, 0.3) is 0 Å². The van der Waals surface area contributed by atoms with Crippen molar-refractivity contribution in [1.82, 2.24) is 10.3 Å². The number of thiophene rings is 1. The maximum Gasteiger partial charge on any atom is 0.224 e. The lowest BCUT2D eigenvalue weighted by Gasteiger charge is -2.07. The SMILES string of the molecule is O=C(Cc1ccccc1Cl)NCc1cncc(-c2cccs2)c1. The quantitative estimate of drug-likeness (QED) is 0.750. The van der Waals surface area contributed by atoms with E-state index in [1.54, 1.807) is 23.6 Å². The standard InChI is InChI=1S/C18H15ClN2OS/c19-16-5-2-1-4-14(16)9-18(22)21-11-13-8-15(12-20-10-13)17-6-3-7-23-17/h1-8,10,12H,9,11H2,(H,21,22). The van der Waals surface area contributed by atoms with Crippen molar-refractivity contribution < 1.29 is 4.79 Å². The third-order valence-electron chi connectivity index (χ3n) is 3.40. The van der Waals surface area contributed by atoms with E-state index >= 15 is 0 Å². The molecule has 0 aliphatic heterocycles. The lowest BCUT2D eigenvalue weighted by Crippen LogP contribution is -2.24. The number of carbonyl (C=O) groups excluding carboxylic acids is 1. The second kappa shape index (κ2) is 7.40. The van der Waals surface area contributed by atoms with E-state index in [0.29, 0.717) is 11.6 Å². The van der Waals surface area contributed by atoms with Crippen molar-refractivity contribution in [3.05, 3.63) is 76.4 Å². The van der Waals surface area contributed by atoms with Gasteiger partial charge in [0.15, 0.2) is 0 Å². The van der Waals surface area contributed by atoms with Gasteiger partial charge in [-0.1, -0.05) is 35.9 Å². The molecule has 0 aliphatic rings. The molecule has 0 spiro atoms. The molecule has 2 heterocycles. The van der Waals surface area contributed by atoms with Crippen LogP contribution in [0.25, 0.3) is 10.4 Å². The molecule has 1 aromatic carbocycles. The van der Waals surface area contributed by atoms with Crippen LogP contribution in [-0.4, -0.2) is 10.9 Å². The van der Waals surface area contributed by atoms with Gasteiger partial charge in [-0.3, -0.25) is 9.78 Å². The zero-order valence-electron chi connectivity index (χ0n) is 12.3. The minimum atomic E-state index is -0.0559. The fraction of sp³-hybridized carbons (Fsp3) is 0.111. The molecule has 3 aromatic rings. The van der Waals surface area contributed by atoms with E-state index in [0.717, 1.165) is 16.7 Å². The molecule has 1 N–H and O–H groups in total. The number of rotatable bonds is 5. The molecule has 0 saturated carbocycles. The van der Waals surface area contributed by atoms with Gasteiger partial charge < -0.3 is 5.32 Å². The Kier molecular flexibility index (Phi) is 5.05. The van der Waals surface area contributed by atoms with Gasteiger partial charge in [0, 0.05) is 34.4 Å². The van der Waals surface area contributed by atoms with Crippen LogP contribution in [0.3, 0.4) is 0 Å². The maximum atomic E-state index is 12.1. The van der Waals surface area contributed by atoms with Crippen LogP contribution in [0.5, 0.6) is 0 Å². The van der Waals surface area contributed by atoms with E-state index in [1.165, 1.54) is 4.88 Å². The van der Waals surface area contributed by atoms with Crippen LogP contribution in [0.4, 0.5) is 0 Å². The zero-order valence-corrected chi connectivity index (χ0v) is 13.9. The number of aromatic nitrogens is 1. The number of pyridine rings is 1. The van der Waals surface area contributed by atoms with E-state index < -0.39 is 0 Å². The molecular weight excluding hydrogens is 328 g/mol. The minimum Gasteiger partial charge on any atom is -0.352 e. The summed E-state index contributed by atoms with van der Waals surface area (Å²) in [6.45, 7) is 0.454. The summed E-state index contributed by atoms with van der Waals surface area (Å²) in [5.74, 6) is -0.0559. The lowest BCUT2D eigenvalue weighted by molar-refractivity contribution is -0.120. The van der Waals surface area contributed by atoms with E-state index in [9.17, 15) is 4.79 Å². The highest BCUT2D eigenvalue weighted by Gasteiger charge is 2.07. The monoisotopic (exact) mass is 342 g/mol. The Hall–Kier alpha value is -2.17. The highest BCUT2D eigenvalue weighted by molar-refractivity contribution is 7.13. The normalized spacial score (nSPS) is 10.5. The Balaban J connectivity index is 1.61. The topological polar surface area (TPSA) is 42.0 Å². The molecule has 0 aliphatic carbocycles. The summed E-state index contributed by atoms with van der Waals surface area (Å²) in [7, 11) is 0. The van der Waals surface area contributed by atoms with Gasteiger partial charge in [0.1, 0.15) is 0 Å². The molecule has 2 aromatic heterocycles. The van der Waals surface area contributed by atoms with Crippen LogP contribution in [0.1, 0.15) is 11.1 Å². The number of nitrogens with one attached hydrogen (secondary N) is 1. The summed E-state index contributed by atoms with van der Waals surface area (Å²) in [6, 6.07) is 13.5. The fourth-order valence-electron chi connectivity index (χ4n) is 2.24. The van der Waals surface area contributed by atoms with E-state index in [-0.39, 0.29) is 12.3 Å². The summed E-state index contributed by atoms with van der Waals surface area (Å²) in [6.07, 6.45) is 3.88. The van der Waals surface area contributed by atoms with Crippen LogP contribution in [0.15, 0.2) is 60.2 Å². The molecule has 1 amide bonds. The average Bonchev–Trinajstić information content (AvgIpc) is 3.10.